The van der Waals surface area contributed by atoms with Crippen LogP contribution >= 0.6 is 15.2 Å². The van der Waals surface area contributed by atoms with Crippen molar-refractivity contribution >= 4 is 15.2 Å². The quantitative estimate of drug-likeness (QED) is 0.458. The van der Waals surface area contributed by atoms with Crippen LogP contribution in [0.1, 0.15) is 5.56 Å². The zero-order valence-corrected chi connectivity index (χ0v) is 10.1. The van der Waals surface area contributed by atoms with E-state index in [0.29, 0.717) is 0 Å². The van der Waals surface area contributed by atoms with Crippen LogP contribution < -0.4 is 0 Å². The van der Waals surface area contributed by atoms with Crippen molar-refractivity contribution < 1.29 is 39.3 Å². The first-order valence-electron chi connectivity index (χ1n) is 4.00. The van der Waals surface area contributed by atoms with E-state index in [4.69, 9.17) is 19.6 Å². The van der Waals surface area contributed by atoms with Gasteiger partial charge in [0.15, 0.2) is 0 Å². The molecule has 0 unspecified atom stereocenters. The smallest absolute Gasteiger partial charge is 0.374 e. The van der Waals surface area contributed by atoms with Crippen LogP contribution in [0, 0.1) is 0 Å². The van der Waals surface area contributed by atoms with Crippen LogP contribution in [0.5, 0.6) is 0 Å². The first kappa shape index (κ1) is 16.4. The Morgan fingerprint density at radius 2 is 1.24 bits per heavy atom. The highest BCUT2D eigenvalue weighted by Gasteiger charge is 2.60. The van der Waals surface area contributed by atoms with E-state index in [-0.39, 0.29) is 5.48 Å². The SMILES string of the molecule is O.O=P(O)(O)C(O)(c1ccccc1)P(=O)(O)O. The Kier molecular flexibility index (Phi) is 4.81. The van der Waals surface area contributed by atoms with Gasteiger partial charge >= 0.3 is 15.2 Å². The van der Waals surface area contributed by atoms with E-state index in [1.54, 1.807) is 0 Å². The molecule has 0 heterocycles. The molecule has 98 valence electrons. The van der Waals surface area contributed by atoms with Crippen LogP contribution in [-0.2, 0) is 14.2 Å². The highest BCUT2D eigenvalue weighted by atomic mass is 31.2. The van der Waals surface area contributed by atoms with E-state index in [9.17, 15) is 14.2 Å². The van der Waals surface area contributed by atoms with Gasteiger partial charge in [-0.25, -0.2) is 0 Å². The summed E-state index contributed by atoms with van der Waals surface area (Å²) in [6.45, 7) is 0. The number of hydrogen-bond acceptors (Lipinski definition) is 3. The molecule has 0 saturated heterocycles. The maximum Gasteiger partial charge on any atom is 0.374 e. The molecule has 17 heavy (non-hydrogen) atoms. The minimum absolute atomic E-state index is 0. The lowest BCUT2D eigenvalue weighted by molar-refractivity contribution is 0.131. The van der Waals surface area contributed by atoms with Crippen molar-refractivity contribution in [3.8, 4) is 0 Å². The Morgan fingerprint density at radius 3 is 1.53 bits per heavy atom. The molecule has 8 nitrogen and oxygen atoms in total. The normalized spacial score (nSPS) is 13.0. The summed E-state index contributed by atoms with van der Waals surface area (Å²) in [5.41, 5.74) is -0.531. The van der Waals surface area contributed by atoms with Gasteiger partial charge in [0.2, 0.25) is 0 Å². The molecular weight excluding hydrogens is 274 g/mol. The van der Waals surface area contributed by atoms with Gasteiger partial charge in [0.05, 0.1) is 0 Å². The van der Waals surface area contributed by atoms with Crippen molar-refractivity contribution in [3.05, 3.63) is 35.9 Å². The molecule has 10 heteroatoms. The lowest BCUT2D eigenvalue weighted by atomic mass is 10.2. The van der Waals surface area contributed by atoms with Gasteiger partial charge in [0.1, 0.15) is 0 Å². The van der Waals surface area contributed by atoms with Gasteiger partial charge in [-0.2, -0.15) is 0 Å². The fourth-order valence-corrected chi connectivity index (χ4v) is 3.50. The summed E-state index contributed by atoms with van der Waals surface area (Å²) in [6, 6.07) is 6.12. The van der Waals surface area contributed by atoms with Crippen LogP contribution in [0.25, 0.3) is 0 Å². The Balaban J connectivity index is 0.00000256. The number of aliphatic hydroxyl groups is 1. The molecule has 0 fully saturated rings. The van der Waals surface area contributed by atoms with E-state index in [2.05, 4.69) is 0 Å². The van der Waals surface area contributed by atoms with Gasteiger partial charge in [-0.05, 0) is 0 Å². The van der Waals surface area contributed by atoms with Crippen LogP contribution in [0.4, 0.5) is 0 Å². The summed E-state index contributed by atoms with van der Waals surface area (Å²) < 4.78 is 22.1. The van der Waals surface area contributed by atoms with Gasteiger partial charge < -0.3 is 30.2 Å². The lowest BCUT2D eigenvalue weighted by Gasteiger charge is -2.29. The third-order valence-electron chi connectivity index (χ3n) is 1.97. The van der Waals surface area contributed by atoms with E-state index in [1.807, 2.05) is 0 Å². The minimum atomic E-state index is -5.44. The van der Waals surface area contributed by atoms with E-state index in [1.165, 1.54) is 18.2 Å². The molecule has 0 aromatic heterocycles. The molecule has 7 N–H and O–H groups in total. The topological polar surface area (TPSA) is 167 Å². The second-order valence-electron chi connectivity index (χ2n) is 3.09. The van der Waals surface area contributed by atoms with E-state index >= 15 is 0 Å². The second-order valence-corrected chi connectivity index (χ2v) is 6.91. The number of hydrogen-bond donors (Lipinski definition) is 5. The van der Waals surface area contributed by atoms with Crippen molar-refractivity contribution in [1.29, 1.82) is 0 Å². The van der Waals surface area contributed by atoms with Crippen molar-refractivity contribution in [2.45, 2.75) is 5.08 Å². The van der Waals surface area contributed by atoms with Crippen LogP contribution in [0.15, 0.2) is 30.3 Å². The maximum atomic E-state index is 11.1. The molecule has 0 saturated carbocycles. The summed E-state index contributed by atoms with van der Waals surface area (Å²) in [5, 5.41) is 6.13. The van der Waals surface area contributed by atoms with Gasteiger partial charge in [-0.1, -0.05) is 30.3 Å². The summed E-state index contributed by atoms with van der Waals surface area (Å²) in [5.74, 6) is 0. The second kappa shape index (κ2) is 4.97. The van der Waals surface area contributed by atoms with Crippen LogP contribution in [-0.4, -0.2) is 30.2 Å². The predicted molar refractivity (Wildman–Crippen MR) is 58.0 cm³/mol. The molecular formula is C7H12O8P2. The first-order chi connectivity index (χ1) is 7.11. The Hall–Kier alpha value is -0.560. The Labute approximate surface area is 96.2 Å². The summed E-state index contributed by atoms with van der Waals surface area (Å²) >= 11 is 0. The van der Waals surface area contributed by atoms with Crippen LogP contribution in [0.2, 0.25) is 0 Å². The average Bonchev–Trinajstić information content (AvgIpc) is 2.14. The lowest BCUT2D eigenvalue weighted by Crippen LogP contribution is -2.25. The van der Waals surface area contributed by atoms with Crippen molar-refractivity contribution in [3.63, 3.8) is 0 Å². The molecule has 0 amide bonds. The summed E-state index contributed by atoms with van der Waals surface area (Å²) in [7, 11) is -10.9. The van der Waals surface area contributed by atoms with Gasteiger partial charge in [-0.15, -0.1) is 0 Å². The van der Waals surface area contributed by atoms with Gasteiger partial charge in [-0.3, -0.25) is 9.13 Å². The van der Waals surface area contributed by atoms with E-state index < -0.39 is 25.8 Å². The van der Waals surface area contributed by atoms with Crippen LogP contribution in [0.3, 0.4) is 0 Å². The first-order valence-corrected chi connectivity index (χ1v) is 7.22. The molecule has 0 radical (unpaired) electrons. The zero-order valence-electron chi connectivity index (χ0n) is 8.33. The standard InChI is InChI=1S/C7H10O7P2.H2O/c8-7(15(9,10)11,16(12,13)14)6-4-2-1-3-5-6;/h1-5,8H,(H2,9,10,11)(H2,12,13,14);1H2. The molecule has 0 bridgehead atoms. The highest BCUT2D eigenvalue weighted by Crippen LogP contribution is 2.72. The number of rotatable bonds is 3. The molecule has 1 rings (SSSR count). The summed E-state index contributed by atoms with van der Waals surface area (Å²) in [4.78, 5) is 35.6. The fourth-order valence-electron chi connectivity index (χ4n) is 1.17. The molecule has 0 aliphatic carbocycles. The Morgan fingerprint density at radius 1 is 0.882 bits per heavy atom. The molecule has 0 spiro atoms. The predicted octanol–water partition coefficient (Wildman–Crippen LogP) is -0.680. The number of benzene rings is 1. The largest absolute Gasteiger partial charge is 0.412 e. The molecule has 0 aliphatic heterocycles. The van der Waals surface area contributed by atoms with Crippen molar-refractivity contribution in [2.24, 2.45) is 0 Å². The average molecular weight is 286 g/mol. The maximum absolute atomic E-state index is 11.1. The Bertz CT molecular complexity index is 438. The van der Waals surface area contributed by atoms with Crippen molar-refractivity contribution in [1.82, 2.24) is 0 Å². The zero-order chi connectivity index (χ0) is 12.6. The van der Waals surface area contributed by atoms with Gasteiger partial charge in [0, 0.05) is 5.56 Å². The highest BCUT2D eigenvalue weighted by molar-refractivity contribution is 7.71. The monoisotopic (exact) mass is 286 g/mol. The molecule has 0 aliphatic rings. The summed E-state index contributed by atoms with van der Waals surface area (Å²) in [6.07, 6.45) is 0. The molecule has 1 aromatic rings. The third-order valence-corrected chi connectivity index (χ3v) is 5.68. The molecule has 0 atom stereocenters. The third kappa shape index (κ3) is 2.82. The minimum Gasteiger partial charge on any atom is -0.412 e. The molecule has 1 aromatic carbocycles. The fraction of sp³-hybridized carbons (Fsp3) is 0.143. The van der Waals surface area contributed by atoms with E-state index in [0.717, 1.165) is 12.1 Å². The van der Waals surface area contributed by atoms with Crippen molar-refractivity contribution in [2.75, 3.05) is 0 Å². The van der Waals surface area contributed by atoms with Gasteiger partial charge in [0.25, 0.3) is 5.08 Å².